The molecule has 77 heavy (non-hydrogen) atoms. The second-order valence-corrected chi connectivity index (χ2v) is 21.9. The average molecular weight is 1130 g/mol. The number of carbonyl (C=O) groups excluding carboxylic acids is 3. The number of sulfonamides is 1. The van der Waals surface area contributed by atoms with Gasteiger partial charge < -0.3 is 64.4 Å². The Morgan fingerprint density at radius 3 is 2.14 bits per heavy atom. The number of carbonyl (C=O) groups is 3. The first-order valence-electron chi connectivity index (χ1n) is 24.6. The van der Waals surface area contributed by atoms with Gasteiger partial charge in [0.15, 0.2) is 17.3 Å². The van der Waals surface area contributed by atoms with Crippen LogP contribution in [0.2, 0.25) is 5.02 Å². The maximum absolute atomic E-state index is 14.0. The molecule has 3 atom stereocenters. The van der Waals surface area contributed by atoms with Crippen molar-refractivity contribution in [1.29, 1.82) is 0 Å². The summed E-state index contributed by atoms with van der Waals surface area (Å²) in [7, 11) is -0.609. The number of hydrogen-bond donors (Lipinski definition) is 6. The zero-order valence-corrected chi connectivity index (χ0v) is 46.8. The van der Waals surface area contributed by atoms with E-state index in [1.807, 2.05) is 58.9 Å². The molecule has 3 amide bonds. The molecule has 2 aromatic heterocycles. The minimum Gasteiger partial charge on any atom is -0.497 e. The summed E-state index contributed by atoms with van der Waals surface area (Å²) in [6, 6.07) is 14.3. The van der Waals surface area contributed by atoms with Crippen LogP contribution in [0.1, 0.15) is 44.0 Å². The van der Waals surface area contributed by atoms with Crippen LogP contribution < -0.4 is 40.2 Å². The maximum Gasteiger partial charge on any atom is 0.246 e. The van der Waals surface area contributed by atoms with Gasteiger partial charge in [0.2, 0.25) is 33.7 Å². The number of nitrogens with zero attached hydrogens (tertiary/aromatic N) is 4. The van der Waals surface area contributed by atoms with Crippen LogP contribution in [0.3, 0.4) is 0 Å². The number of aromatic nitrogens is 3. The van der Waals surface area contributed by atoms with Crippen molar-refractivity contribution in [2.24, 2.45) is 5.41 Å². The summed E-state index contributed by atoms with van der Waals surface area (Å²) in [4.78, 5) is 56.0. The molecule has 5 aromatic rings. The molecule has 0 saturated carbocycles. The number of halogens is 1. The van der Waals surface area contributed by atoms with E-state index in [-0.39, 0.29) is 87.5 Å². The second-order valence-electron chi connectivity index (χ2n) is 18.9. The maximum atomic E-state index is 14.0. The van der Waals surface area contributed by atoms with Crippen LogP contribution in [0.25, 0.3) is 10.4 Å². The van der Waals surface area contributed by atoms with E-state index in [1.165, 1.54) is 31.4 Å². The number of aliphatic hydroxyl groups is 1. The fourth-order valence-corrected chi connectivity index (χ4v) is 9.41. The van der Waals surface area contributed by atoms with Crippen LogP contribution in [0.5, 0.6) is 17.2 Å². The van der Waals surface area contributed by atoms with Gasteiger partial charge in [0.25, 0.3) is 0 Å². The Balaban J connectivity index is 0.847. The number of methoxy groups -OCH3 is 2. The van der Waals surface area contributed by atoms with Gasteiger partial charge in [-0.2, -0.15) is 4.98 Å². The van der Waals surface area contributed by atoms with Crippen molar-refractivity contribution in [2.75, 3.05) is 102 Å². The topological polar surface area (TPSA) is 272 Å². The van der Waals surface area contributed by atoms with Gasteiger partial charge in [0.05, 0.1) is 106 Å². The van der Waals surface area contributed by atoms with Gasteiger partial charge >= 0.3 is 0 Å². The van der Waals surface area contributed by atoms with E-state index in [0.717, 1.165) is 33.5 Å². The number of rotatable bonds is 29. The lowest BCUT2D eigenvalue weighted by Gasteiger charge is -2.35. The van der Waals surface area contributed by atoms with Crippen molar-refractivity contribution < 1.29 is 61.1 Å². The molecule has 418 valence electrons. The summed E-state index contributed by atoms with van der Waals surface area (Å²) < 4.78 is 65.8. The summed E-state index contributed by atoms with van der Waals surface area (Å²) in [6.07, 6.45) is 1.64. The zero-order chi connectivity index (χ0) is 55.7. The Morgan fingerprint density at radius 2 is 1.52 bits per heavy atom. The van der Waals surface area contributed by atoms with Crippen molar-refractivity contribution in [3.8, 4) is 27.7 Å². The molecule has 0 spiro atoms. The van der Waals surface area contributed by atoms with Crippen LogP contribution in [-0.4, -0.2) is 156 Å². The predicted octanol–water partition coefficient (Wildman–Crippen LogP) is 6.00. The van der Waals surface area contributed by atoms with Crippen LogP contribution in [-0.2, 0) is 49.9 Å². The molecule has 25 heteroatoms. The summed E-state index contributed by atoms with van der Waals surface area (Å²) in [5.41, 5.74) is 6.00. The number of benzene rings is 3. The summed E-state index contributed by atoms with van der Waals surface area (Å²) >= 11 is 8.00. The molecule has 0 aliphatic carbocycles. The van der Waals surface area contributed by atoms with Gasteiger partial charge in [-0.1, -0.05) is 56.6 Å². The van der Waals surface area contributed by atoms with Crippen molar-refractivity contribution in [3.63, 3.8) is 0 Å². The van der Waals surface area contributed by atoms with Crippen molar-refractivity contribution >= 4 is 79.5 Å². The highest BCUT2D eigenvalue weighted by Crippen LogP contribution is 2.36. The number of nitrogens with one attached hydrogen (secondary N) is 5. The van der Waals surface area contributed by atoms with E-state index in [2.05, 4.69) is 40.9 Å². The predicted molar refractivity (Wildman–Crippen MR) is 293 cm³/mol. The third-order valence-electron chi connectivity index (χ3n) is 11.8. The monoisotopic (exact) mass is 1130 g/mol. The smallest absolute Gasteiger partial charge is 0.246 e. The number of hydrogen-bond acceptors (Lipinski definition) is 19. The third-order valence-corrected chi connectivity index (χ3v) is 13.7. The van der Waals surface area contributed by atoms with Crippen LogP contribution in [0.4, 0.5) is 28.8 Å². The Labute approximate surface area is 457 Å². The minimum absolute atomic E-state index is 0.0344. The van der Waals surface area contributed by atoms with Gasteiger partial charge in [0, 0.05) is 37.3 Å². The molecule has 22 nitrogen and oxygen atoms in total. The number of anilines is 5. The first kappa shape index (κ1) is 59.9. The molecule has 1 aliphatic heterocycles. The molecule has 1 saturated heterocycles. The third kappa shape index (κ3) is 18.1. The SMILES string of the molecule is COc1ccc(Nc2nc(Nc3cc(OCCOCCOCCOCCOCC(=O)NC(C(=O)N4C[C@H](O)C[C@H]4C(=O)NCc4ccc(-c5scnc5C)cc4)C(C)(C)C)c(OC)cc3C)ncc2Cl)c(NS(C)(=O)=O)c1. The number of amides is 3. The van der Waals surface area contributed by atoms with E-state index in [4.69, 9.17) is 44.8 Å². The van der Waals surface area contributed by atoms with Crippen molar-refractivity contribution in [2.45, 2.75) is 65.8 Å². The Kier molecular flexibility index (Phi) is 22.0. The molecule has 1 aliphatic rings. The minimum atomic E-state index is -3.62. The number of thiazole rings is 1. The van der Waals surface area contributed by atoms with Gasteiger partial charge in [0.1, 0.15) is 36.1 Å². The van der Waals surface area contributed by atoms with E-state index in [9.17, 15) is 27.9 Å². The van der Waals surface area contributed by atoms with E-state index < -0.39 is 45.4 Å². The van der Waals surface area contributed by atoms with Crippen LogP contribution >= 0.6 is 22.9 Å². The van der Waals surface area contributed by atoms with E-state index >= 15 is 0 Å². The number of ether oxygens (including phenoxy) is 7. The fourth-order valence-electron chi connectivity index (χ4n) is 7.89. The van der Waals surface area contributed by atoms with Gasteiger partial charge in [-0.15, -0.1) is 11.3 Å². The number of β-amino-alcohol motifs (C(OH)–C–C–N with tert-alkyl or cyclic N) is 1. The normalized spacial score (nSPS) is 14.9. The lowest BCUT2D eigenvalue weighted by atomic mass is 9.85. The second kappa shape index (κ2) is 28.3. The Morgan fingerprint density at radius 1 is 0.844 bits per heavy atom. The molecule has 6 N–H and O–H groups in total. The summed E-state index contributed by atoms with van der Waals surface area (Å²) in [6.45, 7) is 11.2. The van der Waals surface area contributed by atoms with Crippen LogP contribution in [0.15, 0.2) is 66.3 Å². The number of likely N-dealkylation sites (tertiary alicyclic amines) is 1. The molecule has 0 radical (unpaired) electrons. The molecule has 3 aromatic carbocycles. The lowest BCUT2D eigenvalue weighted by Crippen LogP contribution is -2.58. The average Bonchev–Trinajstić information content (AvgIpc) is 4.02. The highest BCUT2D eigenvalue weighted by atomic mass is 35.5. The fraction of sp³-hybridized carbons (Fsp3) is 0.462. The first-order chi connectivity index (χ1) is 36.7. The quantitative estimate of drug-likeness (QED) is 0.0300. The van der Waals surface area contributed by atoms with E-state index in [1.54, 1.807) is 41.1 Å². The molecule has 1 unspecified atom stereocenters. The van der Waals surface area contributed by atoms with Crippen LogP contribution in [0, 0.1) is 19.3 Å². The summed E-state index contributed by atoms with van der Waals surface area (Å²) in [5.74, 6) is 0.447. The number of aliphatic hydroxyl groups excluding tert-OH is 1. The molecular formula is C52H68ClN9O13S2. The van der Waals surface area contributed by atoms with Gasteiger partial charge in [-0.05, 0) is 54.2 Å². The van der Waals surface area contributed by atoms with E-state index in [0.29, 0.717) is 48.4 Å². The molecule has 3 heterocycles. The standard InChI is InChI=1S/C52H68ClN9O13S2/c1-32-23-43(70-7)44(26-40(32)58-51-55-28-38(53)48(60-51)57-39-14-13-37(69-6)25-41(39)61-77(8,67)68)75-22-21-73-18-17-71-15-16-72-19-20-74-30-45(64)59-47(52(3,4)5)50(66)62-29-36(63)24-42(62)49(65)54-27-34-9-11-35(12-10-34)46-33(2)56-31-76-46/h9-14,23,25-26,28,31,36,42,47,61,63H,15-22,24,27,29-30H2,1-8H3,(H,54,65)(H,59,64)(H2,55,57,58,60)/t36-,42+,47?/m1/s1. The first-order valence-corrected chi connectivity index (χ1v) is 27.8. The van der Waals surface area contributed by atoms with Crippen molar-refractivity contribution in [1.82, 2.24) is 30.5 Å². The molecule has 1 fully saturated rings. The largest absolute Gasteiger partial charge is 0.497 e. The Bertz CT molecular complexity index is 2890. The number of aryl methyl sites for hydroxylation is 2. The van der Waals surface area contributed by atoms with Gasteiger partial charge in [-0.3, -0.25) is 19.1 Å². The molecule has 0 bridgehead atoms. The highest BCUT2D eigenvalue weighted by Gasteiger charge is 2.44. The summed E-state index contributed by atoms with van der Waals surface area (Å²) in [5, 5.41) is 22.7. The van der Waals surface area contributed by atoms with Crippen molar-refractivity contribution in [3.05, 3.63) is 88.1 Å². The lowest BCUT2D eigenvalue weighted by molar-refractivity contribution is -0.144. The molecular weight excluding hydrogens is 1060 g/mol. The van der Waals surface area contributed by atoms with Gasteiger partial charge in [-0.25, -0.2) is 18.4 Å². The highest BCUT2D eigenvalue weighted by molar-refractivity contribution is 7.92. The molecule has 6 rings (SSSR count). The Hall–Kier alpha value is -6.38. The zero-order valence-electron chi connectivity index (χ0n) is 44.4.